The molecule has 0 aromatic carbocycles. The highest BCUT2D eigenvalue weighted by Gasteiger charge is 2.29. The second-order valence-electron chi connectivity index (χ2n) is 6.53. The van der Waals surface area contributed by atoms with E-state index in [1.807, 2.05) is 11.0 Å². The standard InChI is InChI=1S/C17H17F3N6O/c18-17(19,20)5-1-2-13(27)14-11-8-26(7-4-12(11)24-25-14)16-10-3-6-21-15(10)22-9-23-16/h3,6,9H,1-2,4-5,7-8H2,(H,24,25)(H,21,22,23). The summed E-state index contributed by atoms with van der Waals surface area (Å²) in [6.45, 7) is 1.11. The fourth-order valence-electron chi connectivity index (χ4n) is 3.38. The quantitative estimate of drug-likeness (QED) is 0.666. The Labute approximate surface area is 152 Å². The van der Waals surface area contributed by atoms with Gasteiger partial charge in [-0.25, -0.2) is 9.97 Å². The number of nitrogens with zero attached hydrogens (tertiary/aromatic N) is 4. The van der Waals surface area contributed by atoms with Gasteiger partial charge in [-0.1, -0.05) is 0 Å². The normalized spacial score (nSPS) is 14.6. The molecule has 0 radical (unpaired) electrons. The van der Waals surface area contributed by atoms with E-state index in [1.165, 1.54) is 6.33 Å². The van der Waals surface area contributed by atoms with Crippen LogP contribution in [0.1, 0.15) is 41.0 Å². The van der Waals surface area contributed by atoms with Crippen molar-refractivity contribution in [3.8, 4) is 0 Å². The number of aromatic nitrogens is 5. The van der Waals surface area contributed by atoms with E-state index in [0.717, 1.165) is 28.1 Å². The predicted molar refractivity (Wildman–Crippen MR) is 91.5 cm³/mol. The number of aromatic amines is 2. The van der Waals surface area contributed by atoms with Crippen LogP contribution >= 0.6 is 0 Å². The Morgan fingerprint density at radius 1 is 1.30 bits per heavy atom. The largest absolute Gasteiger partial charge is 0.389 e. The fraction of sp³-hybridized carbons (Fsp3) is 0.412. The van der Waals surface area contributed by atoms with Crippen molar-refractivity contribution in [2.24, 2.45) is 0 Å². The average molecular weight is 378 g/mol. The van der Waals surface area contributed by atoms with E-state index in [2.05, 4.69) is 25.1 Å². The highest BCUT2D eigenvalue weighted by Crippen LogP contribution is 2.29. The van der Waals surface area contributed by atoms with Crippen molar-refractivity contribution in [3.63, 3.8) is 0 Å². The molecule has 142 valence electrons. The van der Waals surface area contributed by atoms with Crippen LogP contribution in [0.25, 0.3) is 11.0 Å². The van der Waals surface area contributed by atoms with Crippen molar-refractivity contribution >= 4 is 22.6 Å². The zero-order chi connectivity index (χ0) is 19.0. The van der Waals surface area contributed by atoms with Gasteiger partial charge in [0.25, 0.3) is 0 Å². The van der Waals surface area contributed by atoms with Crippen molar-refractivity contribution in [2.75, 3.05) is 11.4 Å². The van der Waals surface area contributed by atoms with Gasteiger partial charge in [-0.05, 0) is 12.5 Å². The summed E-state index contributed by atoms with van der Waals surface area (Å²) in [6.07, 6.45) is -1.72. The molecule has 0 spiro atoms. The van der Waals surface area contributed by atoms with Crippen LogP contribution in [0.3, 0.4) is 0 Å². The molecule has 0 aliphatic carbocycles. The molecule has 3 aromatic rings. The fourth-order valence-corrected chi connectivity index (χ4v) is 3.38. The summed E-state index contributed by atoms with van der Waals surface area (Å²) >= 11 is 0. The van der Waals surface area contributed by atoms with E-state index >= 15 is 0 Å². The zero-order valence-electron chi connectivity index (χ0n) is 14.3. The Morgan fingerprint density at radius 2 is 2.15 bits per heavy atom. The van der Waals surface area contributed by atoms with Crippen LogP contribution in [-0.2, 0) is 13.0 Å². The summed E-state index contributed by atoms with van der Waals surface area (Å²) in [5.74, 6) is 0.386. The highest BCUT2D eigenvalue weighted by molar-refractivity contribution is 5.96. The first-order chi connectivity index (χ1) is 12.9. The van der Waals surface area contributed by atoms with Crippen molar-refractivity contribution < 1.29 is 18.0 Å². The number of hydrogen-bond donors (Lipinski definition) is 2. The number of rotatable bonds is 5. The average Bonchev–Trinajstić information content (AvgIpc) is 3.26. The van der Waals surface area contributed by atoms with Crippen molar-refractivity contribution in [1.29, 1.82) is 0 Å². The maximum atomic E-state index is 12.4. The number of alkyl halides is 3. The highest BCUT2D eigenvalue weighted by atomic mass is 19.4. The summed E-state index contributed by atoms with van der Waals surface area (Å²) in [4.78, 5) is 26.0. The molecule has 0 amide bonds. The summed E-state index contributed by atoms with van der Waals surface area (Å²) in [5, 5.41) is 7.81. The number of fused-ring (bicyclic) bond motifs is 2. The van der Waals surface area contributed by atoms with Gasteiger partial charge in [0.2, 0.25) is 0 Å². The summed E-state index contributed by atoms with van der Waals surface area (Å²) in [5.41, 5.74) is 2.54. The first kappa shape index (κ1) is 17.5. The third-order valence-electron chi connectivity index (χ3n) is 4.69. The van der Waals surface area contributed by atoms with Crippen LogP contribution in [0, 0.1) is 0 Å². The molecule has 0 atom stereocenters. The van der Waals surface area contributed by atoms with Gasteiger partial charge in [0.1, 0.15) is 23.5 Å². The molecule has 4 heterocycles. The van der Waals surface area contributed by atoms with Crippen molar-refractivity contribution in [2.45, 2.75) is 38.4 Å². The Kier molecular flexibility index (Phi) is 4.33. The molecule has 0 saturated carbocycles. The maximum Gasteiger partial charge on any atom is 0.389 e. The number of ketones is 1. The zero-order valence-corrected chi connectivity index (χ0v) is 14.3. The van der Waals surface area contributed by atoms with Gasteiger partial charge in [-0.3, -0.25) is 9.89 Å². The lowest BCUT2D eigenvalue weighted by Gasteiger charge is -2.28. The minimum atomic E-state index is -4.25. The van der Waals surface area contributed by atoms with E-state index in [9.17, 15) is 18.0 Å². The molecule has 10 heteroatoms. The minimum Gasteiger partial charge on any atom is -0.351 e. The molecule has 0 fully saturated rings. The third kappa shape index (κ3) is 3.51. The van der Waals surface area contributed by atoms with Crippen LogP contribution in [0.4, 0.5) is 19.0 Å². The number of halogens is 3. The molecular formula is C17H17F3N6O. The van der Waals surface area contributed by atoms with Crippen LogP contribution in [-0.4, -0.2) is 43.7 Å². The van der Waals surface area contributed by atoms with Gasteiger partial charge in [0.15, 0.2) is 5.78 Å². The molecule has 4 rings (SSSR count). The number of Topliss-reactive ketones (excluding diaryl/α,β-unsaturated/α-hetero) is 1. The van der Waals surface area contributed by atoms with Gasteiger partial charge in [-0.2, -0.15) is 18.3 Å². The molecule has 2 N–H and O–H groups in total. The molecule has 0 unspecified atom stereocenters. The molecule has 1 aliphatic rings. The molecule has 7 nitrogen and oxygen atoms in total. The van der Waals surface area contributed by atoms with Gasteiger partial charge < -0.3 is 9.88 Å². The Balaban J connectivity index is 1.53. The predicted octanol–water partition coefficient (Wildman–Crippen LogP) is 3.16. The summed E-state index contributed by atoms with van der Waals surface area (Å²) in [6, 6.07) is 1.89. The van der Waals surface area contributed by atoms with E-state index in [-0.39, 0.29) is 24.3 Å². The van der Waals surface area contributed by atoms with E-state index in [0.29, 0.717) is 19.5 Å². The van der Waals surface area contributed by atoms with Gasteiger partial charge in [0.05, 0.1) is 5.39 Å². The Morgan fingerprint density at radius 3 is 2.96 bits per heavy atom. The second kappa shape index (κ2) is 6.67. The van der Waals surface area contributed by atoms with Gasteiger partial charge in [-0.15, -0.1) is 0 Å². The maximum absolute atomic E-state index is 12.4. The molecule has 0 saturated heterocycles. The molecule has 0 bridgehead atoms. The minimum absolute atomic E-state index is 0.174. The first-order valence-corrected chi connectivity index (χ1v) is 8.61. The van der Waals surface area contributed by atoms with Crippen LogP contribution in [0.5, 0.6) is 0 Å². The van der Waals surface area contributed by atoms with Crippen molar-refractivity contribution in [1.82, 2.24) is 25.1 Å². The first-order valence-electron chi connectivity index (χ1n) is 8.61. The number of carbonyl (C=O) groups is 1. The molecule has 27 heavy (non-hydrogen) atoms. The second-order valence-corrected chi connectivity index (χ2v) is 6.53. The topological polar surface area (TPSA) is 90.6 Å². The summed E-state index contributed by atoms with van der Waals surface area (Å²) in [7, 11) is 0. The van der Waals surface area contributed by atoms with E-state index < -0.39 is 12.6 Å². The lowest BCUT2D eigenvalue weighted by Crippen LogP contribution is -2.31. The van der Waals surface area contributed by atoms with Gasteiger partial charge >= 0.3 is 6.18 Å². The third-order valence-corrected chi connectivity index (χ3v) is 4.69. The number of carbonyl (C=O) groups excluding carboxylic acids is 1. The smallest absolute Gasteiger partial charge is 0.351 e. The van der Waals surface area contributed by atoms with Gasteiger partial charge in [0, 0.05) is 49.8 Å². The number of nitrogens with one attached hydrogen (secondary N) is 2. The Bertz CT molecular complexity index is 977. The molecule has 1 aliphatic heterocycles. The SMILES string of the molecule is O=C(CCCC(F)(F)F)c1n[nH]c2c1CN(c1ncnc3[nH]ccc13)CC2. The monoisotopic (exact) mass is 378 g/mol. The summed E-state index contributed by atoms with van der Waals surface area (Å²) < 4.78 is 36.9. The molecular weight excluding hydrogens is 361 g/mol. The lowest BCUT2D eigenvalue weighted by molar-refractivity contribution is -0.135. The molecule has 3 aromatic heterocycles. The number of hydrogen-bond acceptors (Lipinski definition) is 5. The van der Waals surface area contributed by atoms with E-state index in [4.69, 9.17) is 0 Å². The van der Waals surface area contributed by atoms with E-state index in [1.54, 1.807) is 6.20 Å². The van der Waals surface area contributed by atoms with Crippen LogP contribution in [0.2, 0.25) is 0 Å². The lowest BCUT2D eigenvalue weighted by atomic mass is 10.0. The van der Waals surface area contributed by atoms with Crippen LogP contribution in [0.15, 0.2) is 18.6 Å². The number of H-pyrrole nitrogens is 2. The Hall–Kier alpha value is -2.91. The number of anilines is 1. The van der Waals surface area contributed by atoms with Crippen molar-refractivity contribution in [3.05, 3.63) is 35.5 Å². The van der Waals surface area contributed by atoms with Crippen LogP contribution < -0.4 is 4.90 Å².